The van der Waals surface area contributed by atoms with Crippen LogP contribution in [0.15, 0.2) is 60.1 Å². The Kier molecular flexibility index (Phi) is 7.42. The fourth-order valence-corrected chi connectivity index (χ4v) is 5.20. The number of morpholine rings is 1. The number of carbonyl (C=O) groups excluding carboxylic acids is 1. The van der Waals surface area contributed by atoms with Gasteiger partial charge < -0.3 is 19.4 Å². The molecule has 0 aliphatic carbocycles. The number of nitrogens with zero attached hydrogens (tertiary/aromatic N) is 3. The smallest absolute Gasteiger partial charge is 0.230 e. The molecule has 8 heteroatoms. The van der Waals surface area contributed by atoms with Crippen molar-refractivity contribution in [1.82, 2.24) is 14.5 Å². The van der Waals surface area contributed by atoms with Crippen LogP contribution >= 0.6 is 11.3 Å². The molecule has 35 heavy (non-hydrogen) atoms. The Balaban J connectivity index is 1.20. The molecule has 7 nitrogen and oxygen atoms in total. The molecule has 3 heterocycles. The van der Waals surface area contributed by atoms with Gasteiger partial charge in [-0.3, -0.25) is 9.69 Å². The molecule has 0 saturated carbocycles. The third-order valence-electron chi connectivity index (χ3n) is 6.13. The van der Waals surface area contributed by atoms with Crippen molar-refractivity contribution in [3.63, 3.8) is 0 Å². The summed E-state index contributed by atoms with van der Waals surface area (Å²) in [5, 5.41) is 6.94. The lowest BCUT2D eigenvalue weighted by molar-refractivity contribution is -0.115. The average Bonchev–Trinajstić information content (AvgIpc) is 3.50. The second kappa shape index (κ2) is 11.0. The van der Waals surface area contributed by atoms with E-state index in [4.69, 9.17) is 9.47 Å². The topological polar surface area (TPSA) is 68.6 Å². The molecule has 1 aliphatic rings. The minimum absolute atomic E-state index is 0.0777. The van der Waals surface area contributed by atoms with E-state index in [-0.39, 0.29) is 12.3 Å². The van der Waals surface area contributed by atoms with Crippen molar-refractivity contribution in [3.05, 3.63) is 65.8 Å². The van der Waals surface area contributed by atoms with Gasteiger partial charge in [0.1, 0.15) is 10.8 Å². The molecule has 1 aliphatic heterocycles. The summed E-state index contributed by atoms with van der Waals surface area (Å²) in [4.78, 5) is 19.8. The van der Waals surface area contributed by atoms with Gasteiger partial charge in [-0.25, -0.2) is 4.98 Å². The molecule has 1 N–H and O–H groups in total. The van der Waals surface area contributed by atoms with Crippen LogP contribution in [0.2, 0.25) is 0 Å². The number of amides is 1. The molecule has 0 bridgehead atoms. The summed E-state index contributed by atoms with van der Waals surface area (Å²) >= 11 is 1.53. The first-order valence-corrected chi connectivity index (χ1v) is 12.9. The Morgan fingerprint density at radius 3 is 2.86 bits per heavy atom. The van der Waals surface area contributed by atoms with Crippen LogP contribution in [0.5, 0.6) is 5.75 Å². The average molecular weight is 491 g/mol. The van der Waals surface area contributed by atoms with Gasteiger partial charge >= 0.3 is 0 Å². The van der Waals surface area contributed by atoms with E-state index >= 15 is 0 Å². The van der Waals surface area contributed by atoms with E-state index in [2.05, 4.69) is 38.1 Å². The molecule has 0 spiro atoms. The maximum atomic E-state index is 12.7. The Labute approximate surface area is 209 Å². The monoisotopic (exact) mass is 490 g/mol. The summed E-state index contributed by atoms with van der Waals surface area (Å²) in [6.45, 7) is 8.13. The molecule has 0 unspecified atom stereocenters. The highest BCUT2D eigenvalue weighted by molar-refractivity contribution is 7.13. The fraction of sp³-hybridized carbons (Fsp3) is 0.333. The molecule has 0 atom stereocenters. The van der Waals surface area contributed by atoms with Gasteiger partial charge in [0.25, 0.3) is 0 Å². The van der Waals surface area contributed by atoms with Gasteiger partial charge in [0.15, 0.2) is 0 Å². The quantitative estimate of drug-likeness (QED) is 0.369. The van der Waals surface area contributed by atoms with Crippen LogP contribution in [0.4, 0.5) is 5.69 Å². The van der Waals surface area contributed by atoms with Crippen LogP contribution < -0.4 is 10.1 Å². The van der Waals surface area contributed by atoms with Crippen molar-refractivity contribution < 1.29 is 14.3 Å². The number of carbonyl (C=O) groups is 1. The Morgan fingerprint density at radius 1 is 1.14 bits per heavy atom. The highest BCUT2D eigenvalue weighted by Crippen LogP contribution is 2.32. The highest BCUT2D eigenvalue weighted by Gasteiger charge is 2.14. The lowest BCUT2D eigenvalue weighted by Gasteiger charge is -2.26. The van der Waals surface area contributed by atoms with Crippen molar-refractivity contribution in [2.75, 3.05) is 44.8 Å². The van der Waals surface area contributed by atoms with Gasteiger partial charge in [0.2, 0.25) is 5.91 Å². The highest BCUT2D eigenvalue weighted by atomic mass is 32.1. The van der Waals surface area contributed by atoms with E-state index in [9.17, 15) is 4.79 Å². The second-order valence-corrected chi connectivity index (χ2v) is 9.39. The zero-order valence-electron chi connectivity index (χ0n) is 19.9. The normalized spacial score (nSPS) is 14.3. The standard InChI is InChI=1S/C27H30N4O3S/c1-2-34-25-6-4-3-5-23(25)27-29-22(19-35-27)18-26(32)28-21-7-8-24-20(17-21)9-10-31(24)12-11-30-13-15-33-16-14-30/h3-10,17,19H,2,11-16,18H2,1H3,(H,28,32). The van der Waals surface area contributed by atoms with Crippen LogP contribution in [-0.2, 0) is 22.5 Å². The number of thiazole rings is 1. The molecular weight excluding hydrogens is 460 g/mol. The van der Waals surface area contributed by atoms with Crippen molar-refractivity contribution in [2.24, 2.45) is 0 Å². The van der Waals surface area contributed by atoms with Gasteiger partial charge in [0, 0.05) is 54.3 Å². The zero-order valence-corrected chi connectivity index (χ0v) is 20.7. The first-order chi connectivity index (χ1) is 17.2. The van der Waals surface area contributed by atoms with Crippen molar-refractivity contribution in [2.45, 2.75) is 19.9 Å². The van der Waals surface area contributed by atoms with Gasteiger partial charge in [-0.1, -0.05) is 12.1 Å². The summed E-state index contributed by atoms with van der Waals surface area (Å²) in [7, 11) is 0. The van der Waals surface area contributed by atoms with E-state index in [1.807, 2.05) is 48.7 Å². The number of ether oxygens (including phenoxy) is 2. The molecular formula is C27H30N4O3S. The lowest BCUT2D eigenvalue weighted by Crippen LogP contribution is -2.38. The molecule has 2 aromatic carbocycles. The Morgan fingerprint density at radius 2 is 2.00 bits per heavy atom. The Hall–Kier alpha value is -3.20. The van der Waals surface area contributed by atoms with Crippen molar-refractivity contribution >= 4 is 33.8 Å². The third-order valence-corrected chi connectivity index (χ3v) is 7.05. The van der Waals surface area contributed by atoms with Crippen LogP contribution in [0.3, 0.4) is 0 Å². The van der Waals surface area contributed by atoms with Crippen molar-refractivity contribution in [1.29, 1.82) is 0 Å². The van der Waals surface area contributed by atoms with Crippen LogP contribution in [0.1, 0.15) is 12.6 Å². The maximum Gasteiger partial charge on any atom is 0.230 e. The number of aromatic nitrogens is 2. The lowest BCUT2D eigenvalue weighted by atomic mass is 10.2. The molecule has 0 radical (unpaired) electrons. The van der Waals surface area contributed by atoms with Gasteiger partial charge in [-0.2, -0.15) is 0 Å². The number of rotatable bonds is 9. The summed E-state index contributed by atoms with van der Waals surface area (Å²) in [5.41, 5.74) is 3.68. The molecule has 182 valence electrons. The van der Waals surface area contributed by atoms with Crippen molar-refractivity contribution in [3.8, 4) is 16.3 Å². The minimum atomic E-state index is -0.0777. The number of anilines is 1. The van der Waals surface area contributed by atoms with E-state index in [1.54, 1.807) is 0 Å². The maximum absolute atomic E-state index is 12.7. The summed E-state index contributed by atoms with van der Waals surface area (Å²) in [6.07, 6.45) is 2.35. The largest absolute Gasteiger partial charge is 0.493 e. The van der Waals surface area contributed by atoms with Crippen LogP contribution in [0, 0.1) is 0 Å². The van der Waals surface area contributed by atoms with Gasteiger partial charge in [0.05, 0.1) is 37.5 Å². The first kappa shape index (κ1) is 23.5. The Bertz CT molecular complexity index is 1290. The molecule has 1 fully saturated rings. The van der Waals surface area contributed by atoms with Crippen LogP contribution in [0.25, 0.3) is 21.5 Å². The number of hydrogen-bond donors (Lipinski definition) is 1. The first-order valence-electron chi connectivity index (χ1n) is 12.0. The summed E-state index contributed by atoms with van der Waals surface area (Å²) in [6, 6.07) is 16.0. The summed E-state index contributed by atoms with van der Waals surface area (Å²) < 4.78 is 13.4. The molecule has 1 amide bonds. The number of fused-ring (bicyclic) bond motifs is 1. The van der Waals surface area contributed by atoms with E-state index in [0.29, 0.717) is 6.61 Å². The predicted octanol–water partition coefficient (Wildman–Crippen LogP) is 4.68. The number of nitrogens with one attached hydrogen (secondary N) is 1. The predicted molar refractivity (Wildman–Crippen MR) is 140 cm³/mol. The molecule has 5 rings (SSSR count). The second-order valence-electron chi connectivity index (χ2n) is 8.53. The third kappa shape index (κ3) is 5.73. The van der Waals surface area contributed by atoms with Gasteiger partial charge in [-0.15, -0.1) is 11.3 Å². The van der Waals surface area contributed by atoms with E-state index in [0.717, 1.165) is 72.5 Å². The zero-order chi connectivity index (χ0) is 24.0. The minimum Gasteiger partial charge on any atom is -0.493 e. The van der Waals surface area contributed by atoms with Gasteiger partial charge in [-0.05, 0) is 43.3 Å². The SMILES string of the molecule is CCOc1ccccc1-c1nc(CC(=O)Nc2ccc3c(ccn3CCN3CCOCC3)c2)cs1. The molecule has 1 saturated heterocycles. The number of hydrogen-bond acceptors (Lipinski definition) is 6. The molecule has 4 aromatic rings. The summed E-state index contributed by atoms with van der Waals surface area (Å²) in [5.74, 6) is 0.733. The molecule has 2 aromatic heterocycles. The number of para-hydroxylation sites is 1. The van der Waals surface area contributed by atoms with Crippen LogP contribution in [-0.4, -0.2) is 59.8 Å². The van der Waals surface area contributed by atoms with E-state index < -0.39 is 0 Å². The fourth-order valence-electron chi connectivity index (χ4n) is 4.35. The van der Waals surface area contributed by atoms with E-state index in [1.165, 1.54) is 16.9 Å². The number of benzene rings is 2.